The third-order valence-electron chi connectivity index (χ3n) is 4.18. The number of carbonyl (C=O) groups is 2. The molecule has 0 bridgehead atoms. The van der Waals surface area contributed by atoms with Crippen LogP contribution in [0, 0.1) is 17.0 Å². The second-order valence-electron chi connectivity index (χ2n) is 5.94. The number of nitro benzene ring substituents is 1. The molecule has 0 atom stereocenters. The molecule has 3 rings (SSSR count). The lowest BCUT2D eigenvalue weighted by Gasteiger charge is -2.08. The van der Waals surface area contributed by atoms with E-state index in [4.69, 9.17) is 4.74 Å². The topological polar surface area (TPSA) is 107 Å². The summed E-state index contributed by atoms with van der Waals surface area (Å²) in [5.74, 6) is -1.66. The van der Waals surface area contributed by atoms with Gasteiger partial charge in [0.1, 0.15) is 11.3 Å². The zero-order valence-corrected chi connectivity index (χ0v) is 14.3. The van der Waals surface area contributed by atoms with E-state index in [1.54, 1.807) is 37.3 Å². The van der Waals surface area contributed by atoms with Gasteiger partial charge in [0, 0.05) is 22.6 Å². The Bertz CT molecular complexity index is 1070. The van der Waals surface area contributed by atoms with Crippen LogP contribution in [0.25, 0.3) is 10.8 Å². The normalized spacial score (nSPS) is 10.6. The van der Waals surface area contributed by atoms with Crippen molar-refractivity contribution in [2.45, 2.75) is 6.92 Å². The number of hydrogen-bond donors (Lipinski definition) is 1. The standard InChI is InChI=1S/C20H15NO6/c1-12-6-7-14(10-17(12)21(25)26)18(22)11-27-20(24)16-9-8-13-4-2-3-5-15(13)19(16)23/h2-10,23H,11H2,1H3. The number of rotatable bonds is 5. The molecule has 0 fully saturated rings. The first kappa shape index (κ1) is 18.1. The number of nitrogens with zero attached hydrogens (tertiary/aromatic N) is 1. The summed E-state index contributed by atoms with van der Waals surface area (Å²) in [4.78, 5) is 34.8. The summed E-state index contributed by atoms with van der Waals surface area (Å²) in [5, 5.41) is 22.5. The highest BCUT2D eigenvalue weighted by Crippen LogP contribution is 2.29. The molecule has 3 aromatic carbocycles. The van der Waals surface area contributed by atoms with Gasteiger partial charge in [-0.1, -0.05) is 42.5 Å². The Morgan fingerprint density at radius 1 is 1.11 bits per heavy atom. The van der Waals surface area contributed by atoms with E-state index in [0.29, 0.717) is 10.9 Å². The van der Waals surface area contributed by atoms with E-state index in [1.165, 1.54) is 18.2 Å². The number of esters is 1. The highest BCUT2D eigenvalue weighted by atomic mass is 16.6. The van der Waals surface area contributed by atoms with E-state index >= 15 is 0 Å². The number of aromatic hydroxyl groups is 1. The summed E-state index contributed by atoms with van der Waals surface area (Å²) < 4.78 is 4.99. The van der Waals surface area contributed by atoms with Gasteiger partial charge in [0.15, 0.2) is 6.61 Å². The Labute approximate surface area is 154 Å². The fourth-order valence-corrected chi connectivity index (χ4v) is 2.69. The molecule has 0 heterocycles. The first-order valence-corrected chi connectivity index (χ1v) is 8.04. The maximum absolute atomic E-state index is 12.2. The number of aryl methyl sites for hydroxylation is 1. The number of benzene rings is 3. The molecule has 1 N–H and O–H groups in total. The second kappa shape index (κ2) is 7.25. The first-order valence-electron chi connectivity index (χ1n) is 8.04. The molecular weight excluding hydrogens is 350 g/mol. The van der Waals surface area contributed by atoms with Gasteiger partial charge in [-0.15, -0.1) is 0 Å². The molecule has 7 nitrogen and oxygen atoms in total. The van der Waals surface area contributed by atoms with Crippen molar-refractivity contribution in [3.05, 3.63) is 81.4 Å². The lowest BCUT2D eigenvalue weighted by molar-refractivity contribution is -0.385. The molecule has 7 heteroatoms. The van der Waals surface area contributed by atoms with Crippen LogP contribution in [-0.4, -0.2) is 28.4 Å². The molecule has 0 aromatic heterocycles. The Hall–Kier alpha value is -3.74. The second-order valence-corrected chi connectivity index (χ2v) is 5.94. The van der Waals surface area contributed by atoms with Crippen molar-refractivity contribution in [2.24, 2.45) is 0 Å². The number of phenolic OH excluding ortho intramolecular Hbond substituents is 1. The molecule has 0 saturated carbocycles. The van der Waals surface area contributed by atoms with Crippen molar-refractivity contribution < 1.29 is 24.4 Å². The van der Waals surface area contributed by atoms with Gasteiger partial charge >= 0.3 is 5.97 Å². The van der Waals surface area contributed by atoms with Crippen LogP contribution < -0.4 is 0 Å². The van der Waals surface area contributed by atoms with Gasteiger partial charge in [0.05, 0.1) is 4.92 Å². The van der Waals surface area contributed by atoms with E-state index in [0.717, 1.165) is 11.5 Å². The predicted octanol–water partition coefficient (Wildman–Crippen LogP) is 3.80. The average molecular weight is 365 g/mol. The van der Waals surface area contributed by atoms with Gasteiger partial charge in [-0.3, -0.25) is 14.9 Å². The molecule has 0 amide bonds. The average Bonchev–Trinajstić information content (AvgIpc) is 2.66. The van der Waals surface area contributed by atoms with Crippen molar-refractivity contribution in [1.29, 1.82) is 0 Å². The number of nitro groups is 1. The Kier molecular flexibility index (Phi) is 4.85. The molecule has 0 aliphatic carbocycles. The minimum atomic E-state index is -0.854. The van der Waals surface area contributed by atoms with Gasteiger partial charge < -0.3 is 9.84 Å². The lowest BCUT2D eigenvalue weighted by Crippen LogP contribution is -2.14. The summed E-state index contributed by atoms with van der Waals surface area (Å²) >= 11 is 0. The first-order chi connectivity index (χ1) is 12.9. The van der Waals surface area contributed by atoms with Gasteiger partial charge in [-0.2, -0.15) is 0 Å². The number of phenols is 1. The molecular formula is C20H15NO6. The number of hydrogen-bond acceptors (Lipinski definition) is 6. The fourth-order valence-electron chi connectivity index (χ4n) is 2.69. The highest BCUT2D eigenvalue weighted by Gasteiger charge is 2.19. The summed E-state index contributed by atoms with van der Waals surface area (Å²) in [6, 6.07) is 14.1. The quantitative estimate of drug-likeness (QED) is 0.319. The van der Waals surface area contributed by atoms with Crippen molar-refractivity contribution in [3.8, 4) is 5.75 Å². The number of ether oxygens (including phenoxy) is 1. The number of Topliss-reactive ketones (excluding diaryl/α,β-unsaturated/α-hetero) is 1. The molecule has 0 saturated heterocycles. The van der Waals surface area contributed by atoms with E-state index in [9.17, 15) is 24.8 Å². The Morgan fingerprint density at radius 2 is 1.85 bits per heavy atom. The third-order valence-corrected chi connectivity index (χ3v) is 4.18. The van der Waals surface area contributed by atoms with Crippen LogP contribution in [0.2, 0.25) is 0 Å². The van der Waals surface area contributed by atoms with Crippen molar-refractivity contribution in [3.63, 3.8) is 0 Å². The SMILES string of the molecule is Cc1ccc(C(=O)COC(=O)c2ccc3ccccc3c2O)cc1[N+](=O)[O-]. The number of ketones is 1. The highest BCUT2D eigenvalue weighted by molar-refractivity contribution is 6.03. The van der Waals surface area contributed by atoms with Gasteiger partial charge in [0.25, 0.3) is 5.69 Å². The molecule has 0 unspecified atom stereocenters. The van der Waals surface area contributed by atoms with Crippen LogP contribution in [0.1, 0.15) is 26.3 Å². The van der Waals surface area contributed by atoms with Gasteiger partial charge in [-0.05, 0) is 18.4 Å². The fraction of sp³-hybridized carbons (Fsp3) is 0.100. The molecule has 0 aliphatic heterocycles. The summed E-state index contributed by atoms with van der Waals surface area (Å²) in [5.41, 5.74) is 0.258. The van der Waals surface area contributed by atoms with Gasteiger partial charge in [-0.25, -0.2) is 4.79 Å². The van der Waals surface area contributed by atoms with Crippen molar-refractivity contribution >= 4 is 28.2 Å². The summed E-state index contributed by atoms with van der Waals surface area (Å²) in [6.45, 7) is 0.972. The van der Waals surface area contributed by atoms with E-state index < -0.39 is 23.3 Å². The van der Waals surface area contributed by atoms with E-state index in [1.807, 2.05) is 0 Å². The van der Waals surface area contributed by atoms with Crippen LogP contribution >= 0.6 is 0 Å². The van der Waals surface area contributed by atoms with Crippen molar-refractivity contribution in [1.82, 2.24) is 0 Å². The predicted molar refractivity (Wildman–Crippen MR) is 98.1 cm³/mol. The smallest absolute Gasteiger partial charge is 0.342 e. The summed E-state index contributed by atoms with van der Waals surface area (Å²) in [6.07, 6.45) is 0. The van der Waals surface area contributed by atoms with Crippen LogP contribution in [-0.2, 0) is 4.74 Å². The minimum Gasteiger partial charge on any atom is -0.506 e. The minimum absolute atomic E-state index is 0.0589. The van der Waals surface area contributed by atoms with Gasteiger partial charge in [0.2, 0.25) is 5.78 Å². The molecule has 136 valence electrons. The van der Waals surface area contributed by atoms with Crippen molar-refractivity contribution in [2.75, 3.05) is 6.61 Å². The van der Waals surface area contributed by atoms with Crippen LogP contribution in [0.5, 0.6) is 5.75 Å². The molecule has 0 aliphatic rings. The van der Waals surface area contributed by atoms with Crippen LogP contribution in [0.15, 0.2) is 54.6 Å². The Morgan fingerprint density at radius 3 is 2.59 bits per heavy atom. The molecule has 0 radical (unpaired) electrons. The summed E-state index contributed by atoms with van der Waals surface area (Å²) in [7, 11) is 0. The van der Waals surface area contributed by atoms with E-state index in [-0.39, 0.29) is 22.6 Å². The molecule has 0 spiro atoms. The monoisotopic (exact) mass is 365 g/mol. The number of fused-ring (bicyclic) bond motifs is 1. The molecule has 3 aromatic rings. The molecule has 27 heavy (non-hydrogen) atoms. The Balaban J connectivity index is 1.76. The largest absolute Gasteiger partial charge is 0.506 e. The lowest BCUT2D eigenvalue weighted by atomic mass is 10.1. The van der Waals surface area contributed by atoms with Crippen LogP contribution in [0.4, 0.5) is 5.69 Å². The zero-order valence-electron chi connectivity index (χ0n) is 14.3. The maximum atomic E-state index is 12.2. The maximum Gasteiger partial charge on any atom is 0.342 e. The third kappa shape index (κ3) is 3.62. The zero-order chi connectivity index (χ0) is 19.6. The number of carbonyl (C=O) groups excluding carboxylic acids is 2. The van der Waals surface area contributed by atoms with Crippen LogP contribution in [0.3, 0.4) is 0 Å². The van der Waals surface area contributed by atoms with E-state index in [2.05, 4.69) is 0 Å².